The van der Waals surface area contributed by atoms with Crippen LogP contribution in [0.1, 0.15) is 12.5 Å². The highest BCUT2D eigenvalue weighted by atomic mass is 32.2. The van der Waals surface area contributed by atoms with Crippen LogP contribution in [0.25, 0.3) is 0 Å². The highest BCUT2D eigenvalue weighted by molar-refractivity contribution is 8.07. The molecule has 16 heavy (non-hydrogen) atoms. The topological polar surface area (TPSA) is 17.1 Å². The van der Waals surface area contributed by atoms with E-state index in [0.29, 0.717) is 17.5 Å². The van der Waals surface area contributed by atoms with E-state index in [2.05, 4.69) is 6.92 Å². The molecular formula is C13H16OS2. The molecule has 1 nitrogen and oxygen atoms in total. The van der Waals surface area contributed by atoms with Crippen molar-refractivity contribution in [2.24, 2.45) is 0 Å². The van der Waals surface area contributed by atoms with Crippen LogP contribution in [0.4, 0.5) is 0 Å². The van der Waals surface area contributed by atoms with Crippen LogP contribution in [0.5, 0.6) is 0 Å². The molecule has 0 aliphatic carbocycles. The van der Waals surface area contributed by atoms with Gasteiger partial charge in [-0.05, 0) is 5.56 Å². The Balaban J connectivity index is 1.97. The third kappa shape index (κ3) is 3.05. The van der Waals surface area contributed by atoms with E-state index in [-0.39, 0.29) is 5.25 Å². The van der Waals surface area contributed by atoms with Crippen molar-refractivity contribution < 1.29 is 4.79 Å². The molecule has 0 aromatic heterocycles. The average molecular weight is 252 g/mol. The second kappa shape index (κ2) is 5.78. The number of hydrogen-bond acceptors (Lipinski definition) is 3. The second-order valence-corrected chi connectivity index (χ2v) is 6.73. The van der Waals surface area contributed by atoms with Crippen LogP contribution < -0.4 is 0 Å². The number of carbonyl (C=O) groups excluding carboxylic acids is 1. The van der Waals surface area contributed by atoms with E-state index in [1.54, 1.807) is 0 Å². The summed E-state index contributed by atoms with van der Waals surface area (Å²) >= 11 is 3.75. The van der Waals surface area contributed by atoms with Gasteiger partial charge >= 0.3 is 0 Å². The van der Waals surface area contributed by atoms with Crippen LogP contribution in [-0.2, 0) is 11.2 Å². The molecule has 0 N–H and O–H groups in total. The first kappa shape index (κ1) is 12.1. The molecule has 1 aliphatic rings. The van der Waals surface area contributed by atoms with Gasteiger partial charge in [0.05, 0.1) is 5.25 Å². The van der Waals surface area contributed by atoms with Crippen LogP contribution in [0, 0.1) is 0 Å². The Morgan fingerprint density at radius 3 is 2.62 bits per heavy atom. The highest BCUT2D eigenvalue weighted by Crippen LogP contribution is 2.32. The zero-order valence-electron chi connectivity index (χ0n) is 9.39. The number of carbonyl (C=O) groups is 1. The Bertz CT molecular complexity index is 350. The molecule has 0 radical (unpaired) electrons. The number of thioether (sulfide) groups is 2. The molecule has 2 rings (SSSR count). The van der Waals surface area contributed by atoms with E-state index >= 15 is 0 Å². The van der Waals surface area contributed by atoms with E-state index in [9.17, 15) is 4.79 Å². The SMILES string of the molecule is CC1SCCSC1C(=O)Cc1ccccc1. The molecule has 1 aromatic rings. The summed E-state index contributed by atoms with van der Waals surface area (Å²) in [6, 6.07) is 10.0. The van der Waals surface area contributed by atoms with Gasteiger partial charge in [-0.15, -0.1) is 11.8 Å². The summed E-state index contributed by atoms with van der Waals surface area (Å²) in [5.74, 6) is 2.68. The lowest BCUT2D eigenvalue weighted by molar-refractivity contribution is -0.117. The van der Waals surface area contributed by atoms with Gasteiger partial charge in [0.2, 0.25) is 0 Å². The standard InChI is InChI=1S/C13H16OS2/c1-10-13(16-8-7-15-10)12(14)9-11-5-3-2-4-6-11/h2-6,10,13H,7-9H2,1H3. The van der Waals surface area contributed by atoms with E-state index in [0.717, 1.165) is 11.3 Å². The normalized spacial score (nSPS) is 25.3. The summed E-state index contributed by atoms with van der Waals surface area (Å²) in [4.78, 5) is 12.1. The molecule has 86 valence electrons. The quantitative estimate of drug-likeness (QED) is 0.823. The average Bonchev–Trinajstić information content (AvgIpc) is 2.31. The number of benzene rings is 1. The fourth-order valence-corrected chi connectivity index (χ4v) is 4.62. The van der Waals surface area contributed by atoms with Crippen molar-refractivity contribution in [2.75, 3.05) is 11.5 Å². The van der Waals surface area contributed by atoms with Crippen molar-refractivity contribution in [2.45, 2.75) is 23.8 Å². The lowest BCUT2D eigenvalue weighted by Gasteiger charge is -2.26. The number of Topliss-reactive ketones (excluding diaryl/α,β-unsaturated/α-hetero) is 1. The summed E-state index contributed by atoms with van der Waals surface area (Å²) in [6.07, 6.45) is 0.587. The number of hydrogen-bond donors (Lipinski definition) is 0. The van der Waals surface area contributed by atoms with E-state index in [4.69, 9.17) is 0 Å². The van der Waals surface area contributed by atoms with Gasteiger partial charge in [-0.3, -0.25) is 4.79 Å². The molecule has 0 bridgehead atoms. The minimum Gasteiger partial charge on any atom is -0.298 e. The summed E-state index contributed by atoms with van der Waals surface area (Å²) < 4.78 is 0. The van der Waals surface area contributed by atoms with E-state index in [1.807, 2.05) is 53.9 Å². The Morgan fingerprint density at radius 1 is 1.25 bits per heavy atom. The van der Waals surface area contributed by atoms with Gasteiger partial charge in [-0.25, -0.2) is 0 Å². The van der Waals surface area contributed by atoms with Gasteiger partial charge in [0.1, 0.15) is 0 Å². The minimum atomic E-state index is 0.193. The maximum Gasteiger partial charge on any atom is 0.151 e. The van der Waals surface area contributed by atoms with Gasteiger partial charge in [0.25, 0.3) is 0 Å². The zero-order valence-corrected chi connectivity index (χ0v) is 11.0. The third-order valence-electron chi connectivity index (χ3n) is 2.73. The molecule has 0 spiro atoms. The third-order valence-corrected chi connectivity index (χ3v) is 5.86. The molecule has 1 aliphatic heterocycles. The fraction of sp³-hybridized carbons (Fsp3) is 0.462. The lowest BCUT2D eigenvalue weighted by atomic mass is 10.1. The maximum absolute atomic E-state index is 12.1. The van der Waals surface area contributed by atoms with Gasteiger partial charge in [0.15, 0.2) is 5.78 Å². The van der Waals surface area contributed by atoms with Crippen LogP contribution in [-0.4, -0.2) is 27.8 Å². The van der Waals surface area contributed by atoms with Crippen molar-refractivity contribution in [3.63, 3.8) is 0 Å². The summed E-state index contributed by atoms with van der Waals surface area (Å²) in [6.45, 7) is 2.17. The van der Waals surface area contributed by atoms with Crippen LogP contribution in [0.15, 0.2) is 30.3 Å². The van der Waals surface area contributed by atoms with Crippen LogP contribution in [0.2, 0.25) is 0 Å². The summed E-state index contributed by atoms with van der Waals surface area (Å²) in [7, 11) is 0. The molecule has 1 heterocycles. The second-order valence-electron chi connectivity index (χ2n) is 4.00. The first-order chi connectivity index (χ1) is 7.77. The molecule has 1 saturated heterocycles. The van der Waals surface area contributed by atoms with Gasteiger partial charge in [-0.2, -0.15) is 11.8 Å². The molecular weight excluding hydrogens is 236 g/mol. The van der Waals surface area contributed by atoms with Gasteiger partial charge in [0, 0.05) is 23.2 Å². The highest BCUT2D eigenvalue weighted by Gasteiger charge is 2.28. The van der Waals surface area contributed by atoms with Gasteiger partial charge in [-0.1, -0.05) is 37.3 Å². The van der Waals surface area contributed by atoms with Crippen LogP contribution in [0.3, 0.4) is 0 Å². The maximum atomic E-state index is 12.1. The fourth-order valence-electron chi connectivity index (χ4n) is 1.88. The number of rotatable bonds is 3. The van der Waals surface area contributed by atoms with Crippen molar-refractivity contribution in [1.29, 1.82) is 0 Å². The molecule has 1 fully saturated rings. The molecule has 2 atom stereocenters. The first-order valence-electron chi connectivity index (χ1n) is 5.57. The lowest BCUT2D eigenvalue weighted by Crippen LogP contribution is -2.32. The van der Waals surface area contributed by atoms with E-state index < -0.39 is 0 Å². The Kier molecular flexibility index (Phi) is 4.36. The molecule has 0 amide bonds. The predicted octanol–water partition coefficient (Wildman–Crippen LogP) is 3.04. The van der Waals surface area contributed by atoms with Crippen molar-refractivity contribution >= 4 is 29.3 Å². The predicted molar refractivity (Wildman–Crippen MR) is 73.3 cm³/mol. The Morgan fingerprint density at radius 2 is 1.94 bits per heavy atom. The summed E-state index contributed by atoms with van der Waals surface area (Å²) in [5.41, 5.74) is 1.14. The molecule has 0 saturated carbocycles. The van der Waals surface area contributed by atoms with Crippen molar-refractivity contribution in [3.8, 4) is 0 Å². The van der Waals surface area contributed by atoms with Crippen molar-refractivity contribution in [3.05, 3.63) is 35.9 Å². The first-order valence-corrected chi connectivity index (χ1v) is 7.67. The smallest absolute Gasteiger partial charge is 0.151 e. The minimum absolute atomic E-state index is 0.193. The zero-order chi connectivity index (χ0) is 11.4. The summed E-state index contributed by atoms with van der Waals surface area (Å²) in [5, 5.41) is 0.661. The molecule has 2 unspecified atom stereocenters. The van der Waals surface area contributed by atoms with Crippen LogP contribution >= 0.6 is 23.5 Å². The van der Waals surface area contributed by atoms with Gasteiger partial charge < -0.3 is 0 Å². The molecule has 3 heteroatoms. The number of ketones is 1. The largest absolute Gasteiger partial charge is 0.298 e. The Hall–Kier alpha value is -0.410. The molecule has 1 aromatic carbocycles. The monoisotopic (exact) mass is 252 g/mol. The Labute approximate surface area is 105 Å². The van der Waals surface area contributed by atoms with E-state index in [1.165, 1.54) is 5.75 Å². The van der Waals surface area contributed by atoms with Crippen molar-refractivity contribution in [1.82, 2.24) is 0 Å².